The van der Waals surface area contributed by atoms with Crippen LogP contribution in [0, 0.1) is 0 Å². The highest BCUT2D eigenvalue weighted by molar-refractivity contribution is 14.1. The zero-order valence-electron chi connectivity index (χ0n) is 14.2. The van der Waals surface area contributed by atoms with Gasteiger partial charge in [0.25, 0.3) is 0 Å². The Balaban J connectivity index is 2.12. The van der Waals surface area contributed by atoms with Gasteiger partial charge in [0.1, 0.15) is 5.38 Å². The number of halogens is 2. The van der Waals surface area contributed by atoms with Gasteiger partial charge in [0.05, 0.1) is 16.1 Å². The van der Waals surface area contributed by atoms with E-state index in [1.165, 1.54) is 0 Å². The lowest BCUT2D eigenvalue weighted by Gasteiger charge is -2.40. The molecule has 2 saturated heterocycles. The predicted molar refractivity (Wildman–Crippen MR) is 100 cm³/mol. The predicted octanol–water partition coefficient (Wildman–Crippen LogP) is 3.42. The monoisotopic (exact) mass is 459 g/mol. The van der Waals surface area contributed by atoms with Crippen molar-refractivity contribution in [3.8, 4) is 0 Å². The molecule has 22 heavy (non-hydrogen) atoms. The van der Waals surface area contributed by atoms with E-state index in [2.05, 4.69) is 56.5 Å². The van der Waals surface area contributed by atoms with Crippen LogP contribution in [0.15, 0.2) is 0 Å². The lowest BCUT2D eigenvalue weighted by Crippen LogP contribution is -2.58. The first kappa shape index (κ1) is 19.0. The second kappa shape index (κ2) is 6.50. The molecule has 0 aromatic carbocycles. The second-order valence-corrected chi connectivity index (χ2v) is 14.5. The molecule has 0 N–H and O–H groups in total. The molecule has 0 saturated carbocycles. The number of piperidine rings is 1. The van der Waals surface area contributed by atoms with E-state index in [1.807, 2.05) is 4.90 Å². The third kappa shape index (κ3) is 3.36. The summed E-state index contributed by atoms with van der Waals surface area (Å²) >= 11 is 8.67. The molecule has 2 heterocycles. The number of alkyl halides is 2. The fraction of sp³-hybridized carbons (Fsp3) is 0.933. The van der Waals surface area contributed by atoms with Crippen LogP contribution in [0.2, 0.25) is 18.1 Å². The molecular formula is C15H27ClINO3Si. The van der Waals surface area contributed by atoms with E-state index in [9.17, 15) is 4.79 Å². The summed E-state index contributed by atoms with van der Waals surface area (Å²) in [6, 6.07) is 0.169. The molecule has 5 atom stereocenters. The van der Waals surface area contributed by atoms with Crippen molar-refractivity contribution in [1.82, 2.24) is 4.90 Å². The van der Waals surface area contributed by atoms with Crippen LogP contribution in [0.5, 0.6) is 0 Å². The van der Waals surface area contributed by atoms with Crippen molar-refractivity contribution < 1.29 is 14.0 Å². The van der Waals surface area contributed by atoms with Gasteiger partial charge in [-0.25, -0.2) is 0 Å². The molecule has 0 aromatic heterocycles. The Bertz CT molecular complexity index is 443. The minimum Gasteiger partial charge on any atom is -0.412 e. The van der Waals surface area contributed by atoms with Gasteiger partial charge in [0, 0.05) is 19.7 Å². The maximum atomic E-state index is 12.5. The van der Waals surface area contributed by atoms with Crippen molar-refractivity contribution >= 4 is 48.4 Å². The van der Waals surface area contributed by atoms with Gasteiger partial charge in [0.15, 0.2) is 8.32 Å². The van der Waals surface area contributed by atoms with Crippen LogP contribution in [-0.2, 0) is 14.0 Å². The molecule has 1 amide bonds. The normalized spacial score (nSPS) is 36.6. The summed E-state index contributed by atoms with van der Waals surface area (Å²) < 4.78 is 12.2. The van der Waals surface area contributed by atoms with E-state index >= 15 is 0 Å². The number of carbonyl (C=O) groups is 1. The van der Waals surface area contributed by atoms with Crippen molar-refractivity contribution in [3.05, 3.63) is 0 Å². The summed E-state index contributed by atoms with van der Waals surface area (Å²) in [5.74, 6) is -0.00670. The zero-order valence-corrected chi connectivity index (χ0v) is 18.1. The van der Waals surface area contributed by atoms with Gasteiger partial charge in [-0.2, -0.15) is 0 Å². The molecule has 0 aromatic rings. The van der Waals surface area contributed by atoms with Gasteiger partial charge in [-0.3, -0.25) is 4.79 Å². The number of nitrogens with zero attached hydrogens (tertiary/aromatic N) is 1. The van der Waals surface area contributed by atoms with E-state index in [4.69, 9.17) is 20.8 Å². The number of ether oxygens (including phenoxy) is 1. The van der Waals surface area contributed by atoms with Gasteiger partial charge in [-0.15, -0.1) is 11.6 Å². The molecule has 0 spiro atoms. The van der Waals surface area contributed by atoms with Crippen molar-refractivity contribution in [2.24, 2.45) is 0 Å². The lowest BCUT2D eigenvalue weighted by molar-refractivity contribution is -0.138. The van der Waals surface area contributed by atoms with E-state index in [0.29, 0.717) is 6.54 Å². The number of fused-ring (bicyclic) bond motifs is 1. The van der Waals surface area contributed by atoms with Crippen molar-refractivity contribution in [1.29, 1.82) is 0 Å². The Morgan fingerprint density at radius 1 is 1.36 bits per heavy atom. The first-order valence-corrected chi connectivity index (χ1v) is 12.4. The third-order valence-electron chi connectivity index (χ3n) is 5.33. The summed E-state index contributed by atoms with van der Waals surface area (Å²) in [4.78, 5) is 14.4. The first-order valence-electron chi connectivity index (χ1n) is 7.79. The van der Waals surface area contributed by atoms with Gasteiger partial charge >= 0.3 is 0 Å². The SMILES string of the molecule is CO[C@H]1[C@@H](Cl)C(=O)N2C[C@H](O[Si](C)(C)C(C)(C)C)CC2[C@@H]1I. The topological polar surface area (TPSA) is 38.8 Å². The standard InChI is InChI=1S/C15H27ClINO3Si/c1-15(2,3)22(5,6)21-9-7-10-12(17)13(20-4)11(16)14(19)18(10)8-9/h9-13H,7-8H2,1-6H3/t9-,10?,11-,12+,13+/m1/s1. The molecule has 2 fully saturated rings. The van der Waals surface area contributed by atoms with Crippen molar-refractivity contribution in [2.75, 3.05) is 13.7 Å². The number of hydrogen-bond donors (Lipinski definition) is 0. The Hall–Kier alpha value is 0.627. The Labute approximate surface area is 153 Å². The van der Waals surface area contributed by atoms with E-state index in [-0.39, 0.29) is 33.1 Å². The van der Waals surface area contributed by atoms with Gasteiger partial charge in [0.2, 0.25) is 5.91 Å². The van der Waals surface area contributed by atoms with Gasteiger partial charge in [-0.05, 0) is 24.6 Å². The van der Waals surface area contributed by atoms with E-state index in [0.717, 1.165) is 6.42 Å². The van der Waals surface area contributed by atoms with E-state index < -0.39 is 13.7 Å². The summed E-state index contributed by atoms with van der Waals surface area (Å²) in [5, 5.41) is -0.414. The average molecular weight is 460 g/mol. The highest BCUT2D eigenvalue weighted by Crippen LogP contribution is 2.41. The van der Waals surface area contributed by atoms with Crippen LogP contribution in [-0.4, -0.2) is 60.3 Å². The van der Waals surface area contributed by atoms with Crippen LogP contribution >= 0.6 is 34.2 Å². The minimum atomic E-state index is -1.83. The number of methoxy groups -OCH3 is 1. The summed E-state index contributed by atoms with van der Waals surface area (Å²) in [6.45, 7) is 11.9. The molecular weight excluding hydrogens is 433 g/mol. The zero-order chi connectivity index (χ0) is 16.9. The summed E-state index contributed by atoms with van der Waals surface area (Å²) in [6.07, 6.45) is 0.782. The largest absolute Gasteiger partial charge is 0.412 e. The van der Waals surface area contributed by atoms with Crippen LogP contribution in [0.4, 0.5) is 0 Å². The average Bonchev–Trinajstić information content (AvgIpc) is 2.79. The third-order valence-corrected chi connectivity index (χ3v) is 11.8. The van der Waals surface area contributed by atoms with Gasteiger partial charge in [-0.1, -0.05) is 43.4 Å². The van der Waals surface area contributed by atoms with Crippen LogP contribution < -0.4 is 0 Å². The molecule has 2 aliphatic heterocycles. The maximum Gasteiger partial charge on any atom is 0.243 e. The second-order valence-electron chi connectivity index (χ2n) is 7.84. The first-order chi connectivity index (χ1) is 9.99. The lowest BCUT2D eigenvalue weighted by atomic mass is 9.98. The molecule has 128 valence electrons. The fourth-order valence-electron chi connectivity index (χ4n) is 2.99. The molecule has 2 rings (SSSR count). The molecule has 7 heteroatoms. The van der Waals surface area contributed by atoms with Crippen LogP contribution in [0.25, 0.3) is 0 Å². The molecule has 1 unspecified atom stereocenters. The highest BCUT2D eigenvalue weighted by Gasteiger charge is 2.52. The summed E-state index contributed by atoms with van der Waals surface area (Å²) in [5.41, 5.74) is 0. The number of amides is 1. The van der Waals surface area contributed by atoms with E-state index in [1.54, 1.807) is 7.11 Å². The quantitative estimate of drug-likeness (QED) is 0.369. The van der Waals surface area contributed by atoms with Crippen molar-refractivity contribution in [3.63, 3.8) is 0 Å². The Morgan fingerprint density at radius 2 is 1.95 bits per heavy atom. The minimum absolute atomic E-state index is 0.00670. The van der Waals surface area contributed by atoms with Crippen LogP contribution in [0.1, 0.15) is 27.2 Å². The molecule has 2 aliphatic rings. The molecule has 0 aliphatic carbocycles. The fourth-order valence-corrected chi connectivity index (χ4v) is 6.37. The number of carbonyl (C=O) groups excluding carboxylic acids is 1. The number of hydrogen-bond acceptors (Lipinski definition) is 3. The van der Waals surface area contributed by atoms with Gasteiger partial charge < -0.3 is 14.1 Å². The molecule has 0 bridgehead atoms. The van der Waals surface area contributed by atoms with Crippen LogP contribution in [0.3, 0.4) is 0 Å². The Kier molecular flexibility index (Phi) is 5.60. The Morgan fingerprint density at radius 3 is 2.45 bits per heavy atom. The highest BCUT2D eigenvalue weighted by atomic mass is 127. The summed E-state index contributed by atoms with van der Waals surface area (Å²) in [7, 11) is -0.193. The van der Waals surface area contributed by atoms with Crippen molar-refractivity contribution in [2.45, 2.75) is 72.9 Å². The smallest absolute Gasteiger partial charge is 0.243 e. The maximum absolute atomic E-state index is 12.5. The molecule has 4 nitrogen and oxygen atoms in total. The number of rotatable bonds is 3. The molecule has 0 radical (unpaired) electrons.